The first kappa shape index (κ1) is 17.2. The summed E-state index contributed by atoms with van der Waals surface area (Å²) in [5.41, 5.74) is 0.887. The molecule has 1 heterocycles. The highest BCUT2D eigenvalue weighted by molar-refractivity contribution is 6.30. The molecule has 1 aromatic heterocycles. The standard InChI is InChI=1S/C15H26ClN3O/c1-10(2)6-8-20-9-7-17-15-12(5)13(16)18-14(19-15)11(3)4/h10-11H,6-9H2,1-5H3,(H,17,18,19). The van der Waals surface area contributed by atoms with Gasteiger partial charge in [0.2, 0.25) is 0 Å². The van der Waals surface area contributed by atoms with Crippen LogP contribution in [0.25, 0.3) is 0 Å². The molecule has 0 fully saturated rings. The molecule has 1 rings (SSSR count). The fourth-order valence-corrected chi connectivity index (χ4v) is 1.77. The van der Waals surface area contributed by atoms with Gasteiger partial charge in [0.05, 0.1) is 6.61 Å². The van der Waals surface area contributed by atoms with Crippen LogP contribution >= 0.6 is 11.6 Å². The highest BCUT2D eigenvalue weighted by atomic mass is 35.5. The first-order valence-electron chi connectivity index (χ1n) is 7.27. The van der Waals surface area contributed by atoms with Gasteiger partial charge in [-0.2, -0.15) is 0 Å². The first-order valence-corrected chi connectivity index (χ1v) is 7.65. The number of nitrogens with one attached hydrogen (secondary N) is 1. The predicted octanol–water partition coefficient (Wildman–Crippen LogP) is 4.04. The highest BCUT2D eigenvalue weighted by Crippen LogP contribution is 2.22. The van der Waals surface area contributed by atoms with E-state index in [0.29, 0.717) is 17.7 Å². The quantitative estimate of drug-likeness (QED) is 0.581. The molecule has 0 spiro atoms. The van der Waals surface area contributed by atoms with E-state index >= 15 is 0 Å². The molecule has 0 saturated heterocycles. The van der Waals surface area contributed by atoms with E-state index in [-0.39, 0.29) is 5.92 Å². The second-order valence-electron chi connectivity index (χ2n) is 5.72. The average molecular weight is 300 g/mol. The summed E-state index contributed by atoms with van der Waals surface area (Å²) >= 11 is 6.14. The van der Waals surface area contributed by atoms with Crippen LogP contribution in [0.1, 0.15) is 51.4 Å². The third-order valence-corrected chi connectivity index (χ3v) is 3.37. The number of hydrogen-bond acceptors (Lipinski definition) is 4. The molecule has 1 aromatic rings. The maximum atomic E-state index is 6.14. The Morgan fingerprint density at radius 1 is 1.15 bits per heavy atom. The maximum Gasteiger partial charge on any atom is 0.137 e. The summed E-state index contributed by atoms with van der Waals surface area (Å²) in [6, 6.07) is 0. The average Bonchev–Trinajstić information content (AvgIpc) is 2.37. The number of aromatic nitrogens is 2. The lowest BCUT2D eigenvalue weighted by Gasteiger charge is -2.13. The van der Waals surface area contributed by atoms with Crippen molar-refractivity contribution in [2.75, 3.05) is 25.1 Å². The Bertz CT molecular complexity index is 422. The lowest BCUT2D eigenvalue weighted by Crippen LogP contribution is -2.14. The van der Waals surface area contributed by atoms with E-state index in [9.17, 15) is 0 Å². The Labute approximate surface area is 127 Å². The van der Waals surface area contributed by atoms with Gasteiger partial charge in [-0.25, -0.2) is 9.97 Å². The molecule has 20 heavy (non-hydrogen) atoms. The third kappa shape index (κ3) is 5.63. The van der Waals surface area contributed by atoms with Crippen molar-refractivity contribution < 1.29 is 4.74 Å². The predicted molar refractivity (Wildman–Crippen MR) is 84.6 cm³/mol. The SMILES string of the molecule is Cc1c(Cl)nc(C(C)C)nc1NCCOCCC(C)C. The van der Waals surface area contributed by atoms with Gasteiger partial charge in [0, 0.05) is 24.6 Å². The van der Waals surface area contributed by atoms with Crippen LogP contribution < -0.4 is 5.32 Å². The van der Waals surface area contributed by atoms with E-state index in [0.717, 1.165) is 36.8 Å². The largest absolute Gasteiger partial charge is 0.380 e. The van der Waals surface area contributed by atoms with Gasteiger partial charge in [-0.15, -0.1) is 0 Å². The molecule has 0 aliphatic heterocycles. The second kappa shape index (κ2) is 8.42. The van der Waals surface area contributed by atoms with Crippen molar-refractivity contribution in [1.29, 1.82) is 0 Å². The summed E-state index contributed by atoms with van der Waals surface area (Å²) in [6.45, 7) is 12.6. The van der Waals surface area contributed by atoms with Crippen LogP contribution in [0.4, 0.5) is 5.82 Å². The van der Waals surface area contributed by atoms with Gasteiger partial charge in [-0.1, -0.05) is 39.3 Å². The van der Waals surface area contributed by atoms with Gasteiger partial charge in [-0.05, 0) is 19.3 Å². The van der Waals surface area contributed by atoms with Crippen molar-refractivity contribution in [2.45, 2.75) is 47.0 Å². The van der Waals surface area contributed by atoms with Crippen LogP contribution in [0.3, 0.4) is 0 Å². The van der Waals surface area contributed by atoms with Crippen LogP contribution in [0, 0.1) is 12.8 Å². The van der Waals surface area contributed by atoms with Crippen LogP contribution in [-0.2, 0) is 4.74 Å². The lowest BCUT2D eigenvalue weighted by molar-refractivity contribution is 0.132. The summed E-state index contributed by atoms with van der Waals surface area (Å²) in [7, 11) is 0. The minimum atomic E-state index is 0.260. The molecule has 0 aliphatic rings. The van der Waals surface area contributed by atoms with Crippen LogP contribution in [0.5, 0.6) is 0 Å². The zero-order valence-electron chi connectivity index (χ0n) is 13.2. The molecule has 0 aliphatic carbocycles. The number of nitrogens with zero attached hydrogens (tertiary/aromatic N) is 2. The Morgan fingerprint density at radius 3 is 2.45 bits per heavy atom. The highest BCUT2D eigenvalue weighted by Gasteiger charge is 2.11. The number of hydrogen-bond donors (Lipinski definition) is 1. The molecule has 1 N–H and O–H groups in total. The molecule has 0 radical (unpaired) electrons. The Balaban J connectivity index is 2.47. The van der Waals surface area contributed by atoms with Gasteiger partial charge < -0.3 is 10.1 Å². The van der Waals surface area contributed by atoms with Crippen molar-refractivity contribution >= 4 is 17.4 Å². The zero-order valence-corrected chi connectivity index (χ0v) is 13.9. The minimum absolute atomic E-state index is 0.260. The van der Waals surface area contributed by atoms with Gasteiger partial charge in [0.25, 0.3) is 0 Å². The monoisotopic (exact) mass is 299 g/mol. The molecule has 0 unspecified atom stereocenters. The maximum absolute atomic E-state index is 6.14. The van der Waals surface area contributed by atoms with Gasteiger partial charge >= 0.3 is 0 Å². The normalized spacial score (nSPS) is 11.4. The molecule has 5 heteroatoms. The smallest absolute Gasteiger partial charge is 0.137 e. The Morgan fingerprint density at radius 2 is 1.85 bits per heavy atom. The van der Waals surface area contributed by atoms with E-state index in [1.165, 1.54) is 0 Å². The number of anilines is 1. The molecule has 114 valence electrons. The molecule has 0 bridgehead atoms. The number of halogens is 1. The Kier molecular flexibility index (Phi) is 7.24. The van der Waals surface area contributed by atoms with Crippen LogP contribution in [0.15, 0.2) is 0 Å². The molecule has 4 nitrogen and oxygen atoms in total. The molecule has 0 saturated carbocycles. The zero-order chi connectivity index (χ0) is 15.1. The van der Waals surface area contributed by atoms with Gasteiger partial charge in [-0.3, -0.25) is 0 Å². The van der Waals surface area contributed by atoms with Crippen LogP contribution in [-0.4, -0.2) is 29.7 Å². The van der Waals surface area contributed by atoms with E-state index in [2.05, 4.69) is 43.0 Å². The molecule has 0 atom stereocenters. The first-order chi connectivity index (χ1) is 9.41. The van der Waals surface area contributed by atoms with Crippen molar-refractivity contribution in [1.82, 2.24) is 9.97 Å². The van der Waals surface area contributed by atoms with E-state index < -0.39 is 0 Å². The number of rotatable bonds is 8. The fraction of sp³-hybridized carbons (Fsp3) is 0.733. The molecule has 0 amide bonds. The number of ether oxygens (including phenoxy) is 1. The van der Waals surface area contributed by atoms with Crippen molar-refractivity contribution in [2.24, 2.45) is 5.92 Å². The molecular formula is C15H26ClN3O. The van der Waals surface area contributed by atoms with E-state index in [1.807, 2.05) is 6.92 Å². The van der Waals surface area contributed by atoms with Gasteiger partial charge in [0.15, 0.2) is 0 Å². The third-order valence-electron chi connectivity index (χ3n) is 3.00. The van der Waals surface area contributed by atoms with Crippen LogP contribution in [0.2, 0.25) is 5.15 Å². The lowest BCUT2D eigenvalue weighted by atomic mass is 10.1. The molecular weight excluding hydrogens is 274 g/mol. The Hall–Kier alpha value is -0.870. The second-order valence-corrected chi connectivity index (χ2v) is 6.08. The van der Waals surface area contributed by atoms with Crippen molar-refractivity contribution in [3.63, 3.8) is 0 Å². The summed E-state index contributed by atoms with van der Waals surface area (Å²) in [5, 5.41) is 3.80. The van der Waals surface area contributed by atoms with E-state index in [1.54, 1.807) is 0 Å². The van der Waals surface area contributed by atoms with E-state index in [4.69, 9.17) is 16.3 Å². The summed E-state index contributed by atoms with van der Waals surface area (Å²) < 4.78 is 5.58. The van der Waals surface area contributed by atoms with Gasteiger partial charge in [0.1, 0.15) is 16.8 Å². The summed E-state index contributed by atoms with van der Waals surface area (Å²) in [4.78, 5) is 8.81. The van der Waals surface area contributed by atoms with Crippen molar-refractivity contribution in [3.05, 3.63) is 16.5 Å². The fourth-order valence-electron chi connectivity index (χ4n) is 1.60. The minimum Gasteiger partial charge on any atom is -0.380 e. The summed E-state index contributed by atoms with van der Waals surface area (Å²) in [6.07, 6.45) is 1.09. The molecule has 0 aromatic carbocycles. The topological polar surface area (TPSA) is 47.0 Å². The van der Waals surface area contributed by atoms with Crippen molar-refractivity contribution in [3.8, 4) is 0 Å². The summed E-state index contributed by atoms with van der Waals surface area (Å²) in [5.74, 6) is 2.51.